The van der Waals surface area contributed by atoms with Gasteiger partial charge in [0.1, 0.15) is 5.54 Å². The van der Waals surface area contributed by atoms with E-state index in [1.165, 1.54) is 0 Å². The number of nitrogens with zero attached hydrogens (tertiary/aromatic N) is 2. The van der Waals surface area contributed by atoms with E-state index in [9.17, 15) is 5.26 Å². The van der Waals surface area contributed by atoms with Crippen molar-refractivity contribution in [2.24, 2.45) is 0 Å². The molecule has 0 heterocycles. The Hall–Kier alpha value is -0.630. The highest BCUT2D eigenvalue weighted by Crippen LogP contribution is 2.16. The van der Waals surface area contributed by atoms with Gasteiger partial charge >= 0.3 is 0 Å². The molecule has 106 valence electrons. The molecule has 0 spiro atoms. The number of nitriles is 1. The van der Waals surface area contributed by atoms with Crippen LogP contribution in [0.25, 0.3) is 0 Å². The second kappa shape index (κ2) is 10.3. The molecule has 0 fully saturated rings. The summed E-state index contributed by atoms with van der Waals surface area (Å²) in [4.78, 5) is 2.31. The van der Waals surface area contributed by atoms with Crippen molar-refractivity contribution in [1.82, 2.24) is 10.2 Å². The number of rotatable bonds is 11. The van der Waals surface area contributed by atoms with Crippen LogP contribution in [-0.4, -0.2) is 50.8 Å². The van der Waals surface area contributed by atoms with Gasteiger partial charge in [-0.3, -0.25) is 5.32 Å². The zero-order chi connectivity index (χ0) is 13.9. The molecule has 0 radical (unpaired) electrons. The summed E-state index contributed by atoms with van der Waals surface area (Å²) in [5, 5.41) is 12.6. The number of ether oxygens (including phenoxy) is 1. The van der Waals surface area contributed by atoms with Crippen molar-refractivity contribution in [2.45, 2.75) is 45.1 Å². The van der Waals surface area contributed by atoms with E-state index >= 15 is 0 Å². The van der Waals surface area contributed by atoms with E-state index in [0.29, 0.717) is 0 Å². The molecule has 4 heteroatoms. The van der Waals surface area contributed by atoms with Crippen LogP contribution in [0.1, 0.15) is 39.5 Å². The molecular formula is C14H29N3O. The first-order valence-corrected chi connectivity index (χ1v) is 6.98. The lowest BCUT2D eigenvalue weighted by Gasteiger charge is -2.27. The SMILES string of the molecule is CCNC(C#N)(CC)CCCN(C)CCCOC. The van der Waals surface area contributed by atoms with Gasteiger partial charge in [0.2, 0.25) is 0 Å². The Bertz CT molecular complexity index is 240. The number of methoxy groups -OCH3 is 1. The Morgan fingerprint density at radius 1 is 1.28 bits per heavy atom. The smallest absolute Gasteiger partial charge is 0.106 e. The molecule has 0 aromatic rings. The monoisotopic (exact) mass is 255 g/mol. The van der Waals surface area contributed by atoms with Crippen LogP contribution in [0, 0.1) is 11.3 Å². The van der Waals surface area contributed by atoms with Crippen molar-refractivity contribution in [2.75, 3.05) is 40.4 Å². The summed E-state index contributed by atoms with van der Waals surface area (Å²) in [6.45, 7) is 7.90. The van der Waals surface area contributed by atoms with Gasteiger partial charge in [-0.25, -0.2) is 0 Å². The van der Waals surface area contributed by atoms with Crippen LogP contribution in [0.4, 0.5) is 0 Å². The lowest BCUT2D eigenvalue weighted by molar-refractivity contribution is 0.178. The summed E-state index contributed by atoms with van der Waals surface area (Å²) in [5.74, 6) is 0. The van der Waals surface area contributed by atoms with E-state index in [0.717, 1.165) is 51.9 Å². The van der Waals surface area contributed by atoms with E-state index < -0.39 is 0 Å². The number of hydrogen-bond acceptors (Lipinski definition) is 4. The Morgan fingerprint density at radius 2 is 1.94 bits per heavy atom. The average Bonchev–Trinajstić information content (AvgIpc) is 2.38. The summed E-state index contributed by atoms with van der Waals surface area (Å²) >= 11 is 0. The summed E-state index contributed by atoms with van der Waals surface area (Å²) in [6, 6.07) is 2.44. The normalized spacial score (nSPS) is 14.4. The fraction of sp³-hybridized carbons (Fsp3) is 0.929. The third-order valence-electron chi connectivity index (χ3n) is 3.36. The van der Waals surface area contributed by atoms with Gasteiger partial charge in [-0.15, -0.1) is 0 Å². The molecule has 0 aromatic carbocycles. The van der Waals surface area contributed by atoms with Gasteiger partial charge in [0.05, 0.1) is 6.07 Å². The molecular weight excluding hydrogens is 226 g/mol. The molecule has 4 nitrogen and oxygen atoms in total. The van der Waals surface area contributed by atoms with Crippen LogP contribution >= 0.6 is 0 Å². The third-order valence-corrected chi connectivity index (χ3v) is 3.36. The van der Waals surface area contributed by atoms with E-state index in [4.69, 9.17) is 4.74 Å². The first-order valence-electron chi connectivity index (χ1n) is 6.98. The molecule has 0 saturated heterocycles. The fourth-order valence-electron chi connectivity index (χ4n) is 2.14. The Morgan fingerprint density at radius 3 is 2.44 bits per heavy atom. The highest BCUT2D eigenvalue weighted by molar-refractivity contribution is 5.05. The van der Waals surface area contributed by atoms with Crippen LogP contribution < -0.4 is 5.32 Å². The predicted octanol–water partition coefficient (Wildman–Crippen LogP) is 2.02. The molecule has 18 heavy (non-hydrogen) atoms. The Balaban J connectivity index is 3.89. The van der Waals surface area contributed by atoms with Crippen molar-refractivity contribution in [3.8, 4) is 6.07 Å². The molecule has 0 rings (SSSR count). The molecule has 0 bridgehead atoms. The summed E-state index contributed by atoms with van der Waals surface area (Å²) in [5.41, 5.74) is -0.331. The third kappa shape index (κ3) is 6.95. The lowest BCUT2D eigenvalue weighted by atomic mass is 9.92. The highest BCUT2D eigenvalue weighted by atomic mass is 16.5. The average molecular weight is 255 g/mol. The molecule has 1 N–H and O–H groups in total. The van der Waals surface area contributed by atoms with E-state index in [2.05, 4.69) is 37.2 Å². The van der Waals surface area contributed by atoms with Gasteiger partial charge in [0.15, 0.2) is 0 Å². The first kappa shape index (κ1) is 17.4. The second-order valence-corrected chi connectivity index (χ2v) is 4.83. The summed E-state index contributed by atoms with van der Waals surface area (Å²) in [6.07, 6.45) is 3.91. The standard InChI is InChI=1S/C14H29N3O/c1-5-14(13-15,16-6-2)9-7-10-17(3)11-8-12-18-4/h16H,5-12H2,1-4H3. The largest absolute Gasteiger partial charge is 0.385 e. The molecule has 1 atom stereocenters. The molecule has 0 aliphatic carbocycles. The van der Waals surface area contributed by atoms with Crippen molar-refractivity contribution in [3.63, 3.8) is 0 Å². The van der Waals surface area contributed by atoms with E-state index in [1.807, 2.05) is 0 Å². The van der Waals surface area contributed by atoms with E-state index in [1.54, 1.807) is 7.11 Å². The second-order valence-electron chi connectivity index (χ2n) is 4.83. The van der Waals surface area contributed by atoms with E-state index in [-0.39, 0.29) is 5.54 Å². The molecule has 0 amide bonds. The molecule has 0 aromatic heterocycles. The predicted molar refractivity (Wildman–Crippen MR) is 75.5 cm³/mol. The topological polar surface area (TPSA) is 48.3 Å². The van der Waals surface area contributed by atoms with Gasteiger partial charge < -0.3 is 9.64 Å². The zero-order valence-corrected chi connectivity index (χ0v) is 12.5. The summed E-state index contributed by atoms with van der Waals surface area (Å²) < 4.78 is 5.04. The first-order chi connectivity index (χ1) is 8.64. The number of hydrogen-bond donors (Lipinski definition) is 1. The van der Waals surface area contributed by atoms with Gasteiger partial charge in [-0.2, -0.15) is 5.26 Å². The fourth-order valence-corrected chi connectivity index (χ4v) is 2.14. The minimum Gasteiger partial charge on any atom is -0.385 e. The molecule has 0 saturated carbocycles. The van der Waals surface area contributed by atoms with Gasteiger partial charge in [0.25, 0.3) is 0 Å². The maximum absolute atomic E-state index is 9.30. The lowest BCUT2D eigenvalue weighted by Crippen LogP contribution is -2.43. The van der Waals surface area contributed by atoms with Crippen LogP contribution in [0.15, 0.2) is 0 Å². The van der Waals surface area contributed by atoms with Gasteiger partial charge in [-0.05, 0) is 45.8 Å². The Kier molecular flexibility index (Phi) is 9.95. The van der Waals surface area contributed by atoms with Crippen LogP contribution in [0.5, 0.6) is 0 Å². The van der Waals surface area contributed by atoms with Crippen molar-refractivity contribution >= 4 is 0 Å². The van der Waals surface area contributed by atoms with Gasteiger partial charge in [-0.1, -0.05) is 13.8 Å². The molecule has 0 aliphatic heterocycles. The maximum Gasteiger partial charge on any atom is 0.106 e. The quantitative estimate of drug-likeness (QED) is 0.574. The Labute approximate surface area is 112 Å². The molecule has 0 aliphatic rings. The van der Waals surface area contributed by atoms with Crippen LogP contribution in [0.2, 0.25) is 0 Å². The minimum atomic E-state index is -0.331. The summed E-state index contributed by atoms with van der Waals surface area (Å²) in [7, 11) is 3.86. The number of nitrogens with one attached hydrogen (secondary N) is 1. The van der Waals surface area contributed by atoms with Crippen LogP contribution in [-0.2, 0) is 4.74 Å². The van der Waals surface area contributed by atoms with Crippen molar-refractivity contribution in [1.29, 1.82) is 5.26 Å². The van der Waals surface area contributed by atoms with Gasteiger partial charge in [0, 0.05) is 20.3 Å². The maximum atomic E-state index is 9.30. The molecule has 1 unspecified atom stereocenters. The minimum absolute atomic E-state index is 0.331. The zero-order valence-electron chi connectivity index (χ0n) is 12.5. The highest BCUT2D eigenvalue weighted by Gasteiger charge is 2.25. The van der Waals surface area contributed by atoms with Crippen molar-refractivity contribution < 1.29 is 4.74 Å². The van der Waals surface area contributed by atoms with Crippen molar-refractivity contribution in [3.05, 3.63) is 0 Å². The van der Waals surface area contributed by atoms with Crippen LogP contribution in [0.3, 0.4) is 0 Å².